The molecule has 1 atom stereocenters. The van der Waals surface area contributed by atoms with Crippen LogP contribution in [-0.4, -0.2) is 31.1 Å². The van der Waals surface area contributed by atoms with Gasteiger partial charge in [-0.3, -0.25) is 0 Å². The lowest BCUT2D eigenvalue weighted by atomic mass is 9.89. The lowest BCUT2D eigenvalue weighted by molar-refractivity contribution is 0.161. The van der Waals surface area contributed by atoms with Gasteiger partial charge >= 0.3 is 0 Å². The third-order valence-corrected chi connectivity index (χ3v) is 4.55. The van der Waals surface area contributed by atoms with Gasteiger partial charge in [0, 0.05) is 6.54 Å². The summed E-state index contributed by atoms with van der Waals surface area (Å²) in [6.07, 6.45) is 6.43. The molecule has 0 radical (unpaired) electrons. The average molecular weight is 274 g/mol. The van der Waals surface area contributed by atoms with Gasteiger partial charge in [0.25, 0.3) is 0 Å². The zero-order valence-corrected chi connectivity index (χ0v) is 12.9. The van der Waals surface area contributed by atoms with E-state index in [-0.39, 0.29) is 0 Å². The molecule has 1 fully saturated rings. The average Bonchev–Trinajstić information content (AvgIpc) is 2.48. The van der Waals surface area contributed by atoms with Crippen LogP contribution in [0.1, 0.15) is 38.2 Å². The molecule has 2 N–H and O–H groups in total. The summed E-state index contributed by atoms with van der Waals surface area (Å²) in [5.74, 6) is 1.68. The Morgan fingerprint density at radius 3 is 2.55 bits per heavy atom. The lowest BCUT2D eigenvalue weighted by Gasteiger charge is -2.33. The summed E-state index contributed by atoms with van der Waals surface area (Å²) in [6.45, 7) is 7.03. The highest BCUT2D eigenvalue weighted by Gasteiger charge is 2.20. The SMILES string of the molecule is CC(CCCN)CN1CCC(Cc2ccccc2)CC1. The predicted octanol–water partition coefficient (Wildman–Crippen LogP) is 3.32. The highest BCUT2D eigenvalue weighted by Crippen LogP contribution is 2.22. The highest BCUT2D eigenvalue weighted by atomic mass is 15.1. The van der Waals surface area contributed by atoms with Gasteiger partial charge in [-0.15, -0.1) is 0 Å². The number of piperidine rings is 1. The van der Waals surface area contributed by atoms with Gasteiger partial charge in [0.1, 0.15) is 0 Å². The molecule has 2 rings (SSSR count). The summed E-state index contributed by atoms with van der Waals surface area (Å²) < 4.78 is 0. The van der Waals surface area contributed by atoms with E-state index in [0.717, 1.165) is 18.4 Å². The largest absolute Gasteiger partial charge is 0.330 e. The molecular weight excluding hydrogens is 244 g/mol. The molecule has 2 heteroatoms. The van der Waals surface area contributed by atoms with Gasteiger partial charge in [0.05, 0.1) is 0 Å². The van der Waals surface area contributed by atoms with Crippen molar-refractivity contribution >= 4 is 0 Å². The number of nitrogens with two attached hydrogens (primary N) is 1. The Kier molecular flexibility index (Phi) is 6.55. The van der Waals surface area contributed by atoms with Crippen LogP contribution in [0.2, 0.25) is 0 Å². The van der Waals surface area contributed by atoms with Crippen molar-refractivity contribution in [3.05, 3.63) is 35.9 Å². The van der Waals surface area contributed by atoms with E-state index in [0.29, 0.717) is 0 Å². The monoisotopic (exact) mass is 274 g/mol. The van der Waals surface area contributed by atoms with Gasteiger partial charge in [-0.2, -0.15) is 0 Å². The van der Waals surface area contributed by atoms with E-state index >= 15 is 0 Å². The van der Waals surface area contributed by atoms with Gasteiger partial charge in [-0.1, -0.05) is 37.3 Å². The molecule has 1 aliphatic rings. The Bertz CT molecular complexity index is 355. The first kappa shape index (κ1) is 15.5. The Labute approximate surface area is 124 Å². The maximum atomic E-state index is 5.59. The smallest absolute Gasteiger partial charge is 0.000703 e. The maximum absolute atomic E-state index is 5.59. The summed E-state index contributed by atoms with van der Waals surface area (Å²) in [6, 6.07) is 10.9. The van der Waals surface area contributed by atoms with Crippen LogP contribution in [0, 0.1) is 11.8 Å². The van der Waals surface area contributed by atoms with Crippen LogP contribution in [0.3, 0.4) is 0 Å². The number of benzene rings is 1. The lowest BCUT2D eigenvalue weighted by Crippen LogP contribution is -2.37. The van der Waals surface area contributed by atoms with Gasteiger partial charge in [0.15, 0.2) is 0 Å². The van der Waals surface area contributed by atoms with Crippen LogP contribution in [0.25, 0.3) is 0 Å². The Hall–Kier alpha value is -0.860. The molecule has 20 heavy (non-hydrogen) atoms. The summed E-state index contributed by atoms with van der Waals surface area (Å²) in [4.78, 5) is 2.66. The molecular formula is C18H30N2. The van der Waals surface area contributed by atoms with Crippen molar-refractivity contribution in [3.8, 4) is 0 Å². The van der Waals surface area contributed by atoms with E-state index in [2.05, 4.69) is 42.2 Å². The van der Waals surface area contributed by atoms with Crippen LogP contribution < -0.4 is 5.73 Å². The number of rotatable bonds is 7. The van der Waals surface area contributed by atoms with Crippen molar-refractivity contribution in [3.63, 3.8) is 0 Å². The standard InChI is InChI=1S/C18H30N2/c1-16(6-5-11-19)15-20-12-9-18(10-13-20)14-17-7-3-2-4-8-17/h2-4,7-8,16,18H,5-6,9-15,19H2,1H3. The molecule has 0 spiro atoms. The zero-order chi connectivity index (χ0) is 14.2. The topological polar surface area (TPSA) is 29.3 Å². The zero-order valence-electron chi connectivity index (χ0n) is 12.9. The van der Waals surface area contributed by atoms with Crippen LogP contribution in [-0.2, 0) is 6.42 Å². The molecule has 2 nitrogen and oxygen atoms in total. The van der Waals surface area contributed by atoms with Crippen LogP contribution in [0.4, 0.5) is 0 Å². The third kappa shape index (κ3) is 5.26. The summed E-state index contributed by atoms with van der Waals surface area (Å²) in [5, 5.41) is 0. The van der Waals surface area contributed by atoms with Crippen molar-refractivity contribution in [1.29, 1.82) is 0 Å². The van der Waals surface area contributed by atoms with E-state index < -0.39 is 0 Å². The fourth-order valence-corrected chi connectivity index (χ4v) is 3.32. The Balaban J connectivity index is 1.67. The fraction of sp³-hybridized carbons (Fsp3) is 0.667. The Morgan fingerprint density at radius 1 is 1.20 bits per heavy atom. The molecule has 1 aliphatic heterocycles. The van der Waals surface area contributed by atoms with Crippen molar-refractivity contribution < 1.29 is 0 Å². The first-order valence-corrected chi connectivity index (χ1v) is 8.24. The quantitative estimate of drug-likeness (QED) is 0.826. The molecule has 0 aliphatic carbocycles. The molecule has 0 aromatic heterocycles. The fourth-order valence-electron chi connectivity index (χ4n) is 3.32. The third-order valence-electron chi connectivity index (χ3n) is 4.55. The van der Waals surface area contributed by atoms with Crippen LogP contribution >= 0.6 is 0 Å². The second-order valence-electron chi connectivity index (χ2n) is 6.47. The first-order valence-electron chi connectivity index (χ1n) is 8.24. The van der Waals surface area contributed by atoms with Crippen LogP contribution in [0.15, 0.2) is 30.3 Å². The second-order valence-corrected chi connectivity index (χ2v) is 6.47. The van der Waals surface area contributed by atoms with Gasteiger partial charge < -0.3 is 10.6 Å². The normalized spacial score (nSPS) is 19.1. The van der Waals surface area contributed by atoms with E-state index in [1.165, 1.54) is 57.3 Å². The van der Waals surface area contributed by atoms with Crippen LogP contribution in [0.5, 0.6) is 0 Å². The molecule has 1 heterocycles. The Morgan fingerprint density at radius 2 is 1.90 bits per heavy atom. The van der Waals surface area contributed by atoms with E-state index in [4.69, 9.17) is 5.73 Å². The van der Waals surface area contributed by atoms with Gasteiger partial charge in [-0.25, -0.2) is 0 Å². The van der Waals surface area contributed by atoms with E-state index in [1.54, 1.807) is 0 Å². The van der Waals surface area contributed by atoms with Crippen molar-refractivity contribution in [2.24, 2.45) is 17.6 Å². The van der Waals surface area contributed by atoms with Gasteiger partial charge in [0.2, 0.25) is 0 Å². The van der Waals surface area contributed by atoms with Crippen molar-refractivity contribution in [2.45, 2.75) is 39.0 Å². The molecule has 1 aromatic carbocycles. The van der Waals surface area contributed by atoms with Gasteiger partial charge in [-0.05, 0) is 69.1 Å². The van der Waals surface area contributed by atoms with E-state index in [1.807, 2.05) is 0 Å². The van der Waals surface area contributed by atoms with Crippen molar-refractivity contribution in [1.82, 2.24) is 4.90 Å². The predicted molar refractivity (Wildman–Crippen MR) is 86.8 cm³/mol. The minimum atomic E-state index is 0.796. The number of nitrogens with zero attached hydrogens (tertiary/aromatic N) is 1. The minimum absolute atomic E-state index is 0.796. The second kappa shape index (κ2) is 8.43. The molecule has 1 aromatic rings. The maximum Gasteiger partial charge on any atom is 0.000703 e. The minimum Gasteiger partial charge on any atom is -0.330 e. The summed E-state index contributed by atoms with van der Waals surface area (Å²) in [7, 11) is 0. The molecule has 0 bridgehead atoms. The summed E-state index contributed by atoms with van der Waals surface area (Å²) >= 11 is 0. The van der Waals surface area contributed by atoms with Crippen molar-refractivity contribution in [2.75, 3.05) is 26.2 Å². The molecule has 0 saturated carbocycles. The molecule has 1 saturated heterocycles. The molecule has 1 unspecified atom stereocenters. The number of likely N-dealkylation sites (tertiary alicyclic amines) is 1. The highest BCUT2D eigenvalue weighted by molar-refractivity contribution is 5.15. The number of hydrogen-bond donors (Lipinski definition) is 1. The number of hydrogen-bond acceptors (Lipinski definition) is 2. The molecule has 0 amide bonds. The molecule has 112 valence electrons. The van der Waals surface area contributed by atoms with E-state index in [9.17, 15) is 0 Å². The summed E-state index contributed by atoms with van der Waals surface area (Å²) in [5.41, 5.74) is 7.09. The first-order chi connectivity index (χ1) is 9.78.